The lowest BCUT2D eigenvalue weighted by Gasteiger charge is -2.05. The molecule has 4 heteroatoms. The number of nitrogens with zero attached hydrogens (tertiary/aromatic N) is 1. The number of hydrogen-bond acceptors (Lipinski definition) is 3. The van der Waals surface area contributed by atoms with Crippen molar-refractivity contribution in [3.63, 3.8) is 0 Å². The molecule has 0 aliphatic carbocycles. The first kappa shape index (κ1) is 12.1. The van der Waals surface area contributed by atoms with Crippen LogP contribution in [0.1, 0.15) is 11.2 Å². The molecule has 0 aliphatic rings. The Morgan fingerprint density at radius 1 is 1.28 bits per heavy atom. The van der Waals surface area contributed by atoms with Gasteiger partial charge in [0.05, 0.1) is 19.0 Å². The van der Waals surface area contributed by atoms with E-state index in [0.29, 0.717) is 0 Å². The van der Waals surface area contributed by atoms with Crippen LogP contribution in [0.3, 0.4) is 0 Å². The molecule has 2 rings (SSSR count). The van der Waals surface area contributed by atoms with E-state index in [1.54, 1.807) is 6.20 Å². The van der Waals surface area contributed by atoms with Crippen molar-refractivity contribution in [2.75, 3.05) is 7.11 Å². The smallest absolute Gasteiger partial charge is 0.333 e. The van der Waals surface area contributed by atoms with E-state index in [2.05, 4.69) is 11.3 Å². The highest BCUT2D eigenvalue weighted by Gasteiger charge is 2.14. The number of hydrogen-bond donors (Lipinski definition) is 0. The summed E-state index contributed by atoms with van der Waals surface area (Å²) in [5.41, 5.74) is 0.973. The highest BCUT2D eigenvalue weighted by Crippen LogP contribution is 2.16. The lowest BCUT2D eigenvalue weighted by atomic mass is 10.2. The van der Waals surface area contributed by atoms with Crippen molar-refractivity contribution in [1.29, 1.82) is 0 Å². The van der Waals surface area contributed by atoms with Gasteiger partial charge in [-0.3, -0.25) is 9.36 Å². The summed E-state index contributed by atoms with van der Waals surface area (Å²) in [4.78, 5) is 23.2. The molecule has 1 aromatic heterocycles. The third-order valence-electron chi connectivity index (χ3n) is 2.71. The van der Waals surface area contributed by atoms with Crippen molar-refractivity contribution in [1.82, 2.24) is 4.57 Å². The number of aromatic nitrogens is 1. The third-order valence-corrected chi connectivity index (χ3v) is 2.71. The van der Waals surface area contributed by atoms with Crippen LogP contribution < -0.4 is 0 Å². The molecule has 0 aliphatic heterocycles. The first-order valence-corrected chi connectivity index (χ1v) is 5.49. The first-order valence-electron chi connectivity index (χ1n) is 5.49. The van der Waals surface area contributed by atoms with E-state index >= 15 is 0 Å². The second-order valence-electron chi connectivity index (χ2n) is 3.91. The Morgan fingerprint density at radius 2 is 2.00 bits per heavy atom. The number of benzene rings is 1. The topological polar surface area (TPSA) is 48.3 Å². The predicted molar refractivity (Wildman–Crippen MR) is 68.3 cm³/mol. The summed E-state index contributed by atoms with van der Waals surface area (Å²) in [6, 6.07) is 9.41. The Morgan fingerprint density at radius 3 is 2.72 bits per heavy atom. The lowest BCUT2D eigenvalue weighted by molar-refractivity contribution is -0.136. The van der Waals surface area contributed by atoms with Gasteiger partial charge in [-0.15, -0.1) is 0 Å². The molecule has 92 valence electrons. The van der Waals surface area contributed by atoms with E-state index in [4.69, 9.17) is 0 Å². The van der Waals surface area contributed by atoms with Gasteiger partial charge < -0.3 is 4.74 Å². The first-order chi connectivity index (χ1) is 8.63. The van der Waals surface area contributed by atoms with Gasteiger partial charge in [0.25, 0.3) is 0 Å². The van der Waals surface area contributed by atoms with Crippen LogP contribution in [-0.2, 0) is 9.53 Å². The summed E-state index contributed by atoms with van der Waals surface area (Å²) in [6.45, 7) is 3.55. The van der Waals surface area contributed by atoms with Crippen LogP contribution in [0, 0.1) is 0 Å². The van der Waals surface area contributed by atoms with Gasteiger partial charge in [0, 0.05) is 17.2 Å². The molecule has 0 atom stereocenters. The number of fused-ring (bicyclic) bond motifs is 1. The minimum absolute atomic E-state index is 0.0503. The highest BCUT2D eigenvalue weighted by atomic mass is 16.5. The van der Waals surface area contributed by atoms with Gasteiger partial charge in [-0.25, -0.2) is 4.79 Å². The minimum atomic E-state index is -0.556. The molecule has 1 aromatic carbocycles. The van der Waals surface area contributed by atoms with Gasteiger partial charge >= 0.3 is 5.97 Å². The second-order valence-corrected chi connectivity index (χ2v) is 3.91. The average molecular weight is 243 g/mol. The molecule has 0 bridgehead atoms. The molecule has 1 heterocycles. The fourth-order valence-corrected chi connectivity index (χ4v) is 1.78. The Bertz CT molecular complexity index is 625. The van der Waals surface area contributed by atoms with Gasteiger partial charge in [0.15, 0.2) is 0 Å². The van der Waals surface area contributed by atoms with Crippen molar-refractivity contribution in [2.45, 2.75) is 6.42 Å². The van der Waals surface area contributed by atoms with E-state index < -0.39 is 5.97 Å². The van der Waals surface area contributed by atoms with Crippen molar-refractivity contribution in [3.8, 4) is 0 Å². The monoisotopic (exact) mass is 243 g/mol. The van der Waals surface area contributed by atoms with Crippen molar-refractivity contribution < 1.29 is 14.3 Å². The zero-order valence-electron chi connectivity index (χ0n) is 10.1. The number of rotatable bonds is 3. The molecule has 4 nitrogen and oxygen atoms in total. The molecule has 0 fully saturated rings. The van der Waals surface area contributed by atoms with Crippen LogP contribution in [0.5, 0.6) is 0 Å². The zero-order valence-corrected chi connectivity index (χ0v) is 10.1. The number of para-hydroxylation sites is 1. The van der Waals surface area contributed by atoms with Gasteiger partial charge in [0.2, 0.25) is 5.91 Å². The van der Waals surface area contributed by atoms with Crippen molar-refractivity contribution >= 4 is 22.8 Å². The Labute approximate surface area is 104 Å². The molecule has 0 saturated carbocycles. The third kappa shape index (κ3) is 2.18. The molecule has 18 heavy (non-hydrogen) atoms. The molecular formula is C14H13NO3. The normalized spacial score (nSPS) is 10.3. The van der Waals surface area contributed by atoms with Crippen molar-refractivity contribution in [2.24, 2.45) is 0 Å². The van der Waals surface area contributed by atoms with E-state index in [1.165, 1.54) is 11.7 Å². The summed E-state index contributed by atoms with van der Waals surface area (Å²) in [7, 11) is 1.27. The Balaban J connectivity index is 2.24. The molecule has 0 unspecified atom stereocenters. The van der Waals surface area contributed by atoms with Crippen molar-refractivity contribution in [3.05, 3.63) is 48.7 Å². The molecule has 0 spiro atoms. The maximum Gasteiger partial charge on any atom is 0.333 e. The molecule has 2 aromatic rings. The highest BCUT2D eigenvalue weighted by molar-refractivity contribution is 5.98. The molecule has 0 N–H and O–H groups in total. The van der Waals surface area contributed by atoms with E-state index in [0.717, 1.165) is 10.9 Å². The van der Waals surface area contributed by atoms with Gasteiger partial charge in [0.1, 0.15) is 0 Å². The number of carbonyl (C=O) groups excluding carboxylic acids is 2. The fraction of sp³-hybridized carbons (Fsp3) is 0.143. The molecular weight excluding hydrogens is 230 g/mol. The van der Waals surface area contributed by atoms with E-state index in [9.17, 15) is 9.59 Å². The number of methoxy groups -OCH3 is 1. The second kappa shape index (κ2) is 4.87. The number of ether oxygens (including phenoxy) is 1. The summed E-state index contributed by atoms with van der Waals surface area (Å²) in [6.07, 6.45) is 1.64. The molecule has 0 amide bonds. The largest absolute Gasteiger partial charge is 0.466 e. The van der Waals surface area contributed by atoms with Crippen LogP contribution in [0.2, 0.25) is 0 Å². The SMILES string of the molecule is C=C(CC(=O)n1ccc2ccccc21)C(=O)OC. The number of esters is 1. The van der Waals surface area contributed by atoms with E-state index in [1.807, 2.05) is 30.3 Å². The Hall–Kier alpha value is -2.36. The van der Waals surface area contributed by atoms with Crippen LogP contribution in [0.4, 0.5) is 0 Å². The average Bonchev–Trinajstić information content (AvgIpc) is 2.81. The molecule has 0 saturated heterocycles. The Kier molecular flexibility index (Phi) is 3.28. The summed E-state index contributed by atoms with van der Waals surface area (Å²) in [5.74, 6) is -0.758. The standard InChI is InChI=1S/C14H13NO3/c1-10(14(17)18-2)9-13(16)15-8-7-11-5-3-4-6-12(11)15/h3-8H,1,9H2,2H3. The summed E-state index contributed by atoms with van der Waals surface area (Å²) >= 11 is 0. The lowest BCUT2D eigenvalue weighted by Crippen LogP contribution is -2.14. The predicted octanol–water partition coefficient (Wildman–Crippen LogP) is 2.40. The minimum Gasteiger partial charge on any atom is -0.466 e. The van der Waals surface area contributed by atoms with E-state index in [-0.39, 0.29) is 17.9 Å². The quantitative estimate of drug-likeness (QED) is 0.614. The maximum absolute atomic E-state index is 12.0. The summed E-state index contributed by atoms with van der Waals surface area (Å²) in [5, 5.41) is 0.981. The van der Waals surface area contributed by atoms with Crippen LogP contribution in [0.25, 0.3) is 10.9 Å². The van der Waals surface area contributed by atoms with Gasteiger partial charge in [-0.2, -0.15) is 0 Å². The molecule has 0 radical (unpaired) electrons. The fourth-order valence-electron chi connectivity index (χ4n) is 1.78. The van der Waals surface area contributed by atoms with Crippen LogP contribution in [-0.4, -0.2) is 23.6 Å². The van der Waals surface area contributed by atoms with Gasteiger partial charge in [-0.1, -0.05) is 24.8 Å². The summed E-state index contributed by atoms with van der Waals surface area (Å²) < 4.78 is 6.04. The number of carbonyl (C=O) groups is 2. The maximum atomic E-state index is 12.0. The van der Waals surface area contributed by atoms with Gasteiger partial charge in [-0.05, 0) is 12.1 Å². The van der Waals surface area contributed by atoms with Crippen LogP contribution in [0.15, 0.2) is 48.7 Å². The zero-order chi connectivity index (χ0) is 13.1. The van der Waals surface area contributed by atoms with Crippen LogP contribution >= 0.6 is 0 Å².